The molecule has 1 aliphatic heterocycles. The van der Waals surface area contributed by atoms with Crippen molar-refractivity contribution >= 4 is 17.5 Å². The monoisotopic (exact) mass is 431 g/mol. The third-order valence-corrected chi connectivity index (χ3v) is 5.36. The van der Waals surface area contributed by atoms with Gasteiger partial charge in [0.25, 0.3) is 5.91 Å². The third-order valence-electron chi connectivity index (χ3n) is 5.36. The number of carbonyl (C=O) groups is 2. The molecule has 5 N–H and O–H groups in total. The number of Topliss-reactive ketones (excluding diaryl/α,β-unsaturated/α-hetero) is 1. The van der Waals surface area contributed by atoms with Gasteiger partial charge in [-0.2, -0.15) is 5.10 Å². The maximum Gasteiger partial charge on any atom is 0.254 e. The van der Waals surface area contributed by atoms with Crippen molar-refractivity contribution in [1.82, 2.24) is 15.1 Å². The van der Waals surface area contributed by atoms with E-state index in [0.717, 1.165) is 13.0 Å². The van der Waals surface area contributed by atoms with Gasteiger partial charge in [0.1, 0.15) is 28.7 Å². The van der Waals surface area contributed by atoms with Crippen LogP contribution < -0.4 is 25.8 Å². The number of anilines is 1. The van der Waals surface area contributed by atoms with Crippen LogP contribution in [0.5, 0.6) is 11.5 Å². The Labute approximate surface area is 180 Å². The summed E-state index contributed by atoms with van der Waals surface area (Å²) in [5.41, 5.74) is 6.74. The number of carbonyl (C=O) groups excluding carboxylic acids is 2. The van der Waals surface area contributed by atoms with Gasteiger partial charge in [-0.25, -0.2) is 4.68 Å². The number of ketones is 1. The number of aliphatic hydroxyl groups is 1. The van der Waals surface area contributed by atoms with E-state index in [0.29, 0.717) is 29.4 Å². The Kier molecular flexibility index (Phi) is 7.13. The highest BCUT2D eigenvalue weighted by Crippen LogP contribution is 2.36. The number of hydrogen-bond acceptors (Lipinski definition) is 8. The fourth-order valence-electron chi connectivity index (χ4n) is 3.93. The van der Waals surface area contributed by atoms with E-state index in [9.17, 15) is 14.7 Å². The number of nitrogens with zero attached hydrogens (tertiary/aromatic N) is 2. The number of aromatic nitrogens is 2. The van der Waals surface area contributed by atoms with Crippen LogP contribution in [0.3, 0.4) is 0 Å². The van der Waals surface area contributed by atoms with Gasteiger partial charge >= 0.3 is 0 Å². The van der Waals surface area contributed by atoms with Gasteiger partial charge in [-0.1, -0.05) is 0 Å². The van der Waals surface area contributed by atoms with Crippen LogP contribution in [0.1, 0.15) is 46.9 Å². The molecule has 10 heteroatoms. The molecule has 1 aromatic carbocycles. The molecule has 2 unspecified atom stereocenters. The zero-order chi connectivity index (χ0) is 22.5. The molecular weight excluding hydrogens is 402 g/mol. The van der Waals surface area contributed by atoms with Crippen LogP contribution in [0, 0.1) is 0 Å². The highest BCUT2D eigenvalue weighted by molar-refractivity contribution is 6.01. The lowest BCUT2D eigenvalue weighted by molar-refractivity contribution is -0.117. The van der Waals surface area contributed by atoms with E-state index in [1.165, 1.54) is 21.1 Å². The topological polar surface area (TPSA) is 141 Å². The lowest BCUT2D eigenvalue weighted by Crippen LogP contribution is -2.21. The summed E-state index contributed by atoms with van der Waals surface area (Å²) < 4.78 is 12.4. The minimum atomic E-state index is -0.850. The number of hydrogen-bond donors (Lipinski definition) is 4. The minimum absolute atomic E-state index is 0.0134. The molecule has 0 bridgehead atoms. The van der Waals surface area contributed by atoms with Crippen molar-refractivity contribution in [1.29, 1.82) is 0 Å². The first-order chi connectivity index (χ1) is 14.9. The van der Waals surface area contributed by atoms with Crippen LogP contribution in [-0.2, 0) is 4.79 Å². The lowest BCUT2D eigenvalue weighted by Gasteiger charge is -2.16. The molecule has 1 saturated heterocycles. The average molecular weight is 431 g/mol. The third kappa shape index (κ3) is 4.64. The summed E-state index contributed by atoms with van der Waals surface area (Å²) >= 11 is 0. The van der Waals surface area contributed by atoms with Crippen LogP contribution in [0.25, 0.3) is 0 Å². The first kappa shape index (κ1) is 22.6. The molecule has 168 valence electrons. The summed E-state index contributed by atoms with van der Waals surface area (Å²) in [6, 6.07) is 5.12. The molecule has 0 radical (unpaired) electrons. The highest BCUT2D eigenvalue weighted by atomic mass is 16.5. The molecule has 1 aliphatic rings. The standard InChI is InChI=1S/C21H29N5O5/c1-12(28)17(13-8-15(30-2)10-16(9-13)31-3)19-18(20(22)29)21(24-6-7-27)26(25-19)14-4-5-23-11-14/h8-10,14,17,23-24,27H,4-7,11H2,1-3H3,(H2,22,29). The first-order valence-corrected chi connectivity index (χ1v) is 10.1. The van der Waals surface area contributed by atoms with Crippen molar-refractivity contribution in [2.45, 2.75) is 25.3 Å². The van der Waals surface area contributed by atoms with E-state index in [1.807, 2.05) is 0 Å². The number of ether oxygens (including phenoxy) is 2. The molecule has 0 spiro atoms. The predicted octanol–water partition coefficient (Wildman–Crippen LogP) is 0.659. The van der Waals surface area contributed by atoms with Crippen LogP contribution in [0.2, 0.25) is 0 Å². The van der Waals surface area contributed by atoms with Crippen LogP contribution >= 0.6 is 0 Å². The van der Waals surface area contributed by atoms with Crippen molar-refractivity contribution in [2.24, 2.45) is 5.73 Å². The summed E-state index contributed by atoms with van der Waals surface area (Å²) in [5, 5.41) is 20.3. The lowest BCUT2D eigenvalue weighted by atomic mass is 9.89. The summed E-state index contributed by atoms with van der Waals surface area (Å²) in [6.07, 6.45) is 0.810. The second-order valence-corrected chi connectivity index (χ2v) is 7.40. The number of aliphatic hydroxyl groups excluding tert-OH is 1. The SMILES string of the molecule is COc1cc(OC)cc(C(C(C)=O)c2nn(C3CCNC3)c(NCCO)c2C(N)=O)c1. The molecule has 1 amide bonds. The zero-order valence-corrected chi connectivity index (χ0v) is 18.0. The molecule has 2 aromatic rings. The number of amides is 1. The van der Waals surface area contributed by atoms with Crippen molar-refractivity contribution in [2.75, 3.05) is 45.8 Å². The van der Waals surface area contributed by atoms with Gasteiger partial charge in [0.05, 0.1) is 38.5 Å². The van der Waals surface area contributed by atoms with Crippen LogP contribution in [0.15, 0.2) is 18.2 Å². The van der Waals surface area contributed by atoms with E-state index < -0.39 is 11.8 Å². The molecule has 10 nitrogen and oxygen atoms in total. The molecule has 3 rings (SSSR count). The van der Waals surface area contributed by atoms with E-state index in [1.54, 1.807) is 22.9 Å². The molecule has 1 fully saturated rings. The second-order valence-electron chi connectivity index (χ2n) is 7.40. The molecule has 1 aromatic heterocycles. The van der Waals surface area contributed by atoms with Gasteiger partial charge in [0, 0.05) is 19.2 Å². The Morgan fingerprint density at radius 2 is 2.00 bits per heavy atom. The van der Waals surface area contributed by atoms with Crippen molar-refractivity contribution in [3.63, 3.8) is 0 Å². The minimum Gasteiger partial charge on any atom is -0.497 e. The Hall–Kier alpha value is -3.11. The van der Waals surface area contributed by atoms with Crippen molar-refractivity contribution < 1.29 is 24.2 Å². The van der Waals surface area contributed by atoms with E-state index in [4.69, 9.17) is 20.3 Å². The maximum atomic E-state index is 12.8. The quantitative estimate of drug-likeness (QED) is 0.430. The van der Waals surface area contributed by atoms with Gasteiger partial charge in [-0.15, -0.1) is 0 Å². The molecule has 31 heavy (non-hydrogen) atoms. The average Bonchev–Trinajstić information content (AvgIpc) is 3.39. The summed E-state index contributed by atoms with van der Waals surface area (Å²) in [4.78, 5) is 25.3. The molecule has 0 saturated carbocycles. The number of nitrogens with two attached hydrogens (primary N) is 1. The first-order valence-electron chi connectivity index (χ1n) is 10.1. The predicted molar refractivity (Wildman–Crippen MR) is 115 cm³/mol. The Bertz CT molecular complexity index is 930. The van der Waals surface area contributed by atoms with Crippen LogP contribution in [0.4, 0.5) is 5.82 Å². The Balaban J connectivity index is 2.22. The normalized spacial score (nSPS) is 16.7. The summed E-state index contributed by atoms with van der Waals surface area (Å²) in [5.74, 6) is -0.323. The van der Waals surface area contributed by atoms with E-state index in [-0.39, 0.29) is 36.2 Å². The summed E-state index contributed by atoms with van der Waals surface area (Å²) in [7, 11) is 3.05. The van der Waals surface area contributed by atoms with Gasteiger partial charge in [0.2, 0.25) is 0 Å². The summed E-state index contributed by atoms with van der Waals surface area (Å²) in [6.45, 7) is 3.01. The van der Waals surface area contributed by atoms with Gasteiger partial charge < -0.3 is 30.9 Å². The van der Waals surface area contributed by atoms with Gasteiger partial charge in [0.15, 0.2) is 0 Å². The fraction of sp³-hybridized carbons (Fsp3) is 0.476. The Morgan fingerprint density at radius 1 is 1.32 bits per heavy atom. The Morgan fingerprint density at radius 3 is 2.48 bits per heavy atom. The molecular formula is C21H29N5O5. The number of methoxy groups -OCH3 is 2. The molecule has 2 atom stereocenters. The largest absolute Gasteiger partial charge is 0.497 e. The number of nitrogens with one attached hydrogen (secondary N) is 2. The maximum absolute atomic E-state index is 12.8. The van der Waals surface area contributed by atoms with Crippen LogP contribution in [-0.4, -0.2) is 67.0 Å². The van der Waals surface area contributed by atoms with Crippen molar-refractivity contribution in [3.8, 4) is 11.5 Å². The van der Waals surface area contributed by atoms with E-state index in [2.05, 4.69) is 10.6 Å². The van der Waals surface area contributed by atoms with Gasteiger partial charge in [-0.3, -0.25) is 9.59 Å². The number of benzene rings is 1. The van der Waals surface area contributed by atoms with E-state index >= 15 is 0 Å². The fourth-order valence-corrected chi connectivity index (χ4v) is 3.93. The smallest absolute Gasteiger partial charge is 0.254 e. The number of rotatable bonds is 10. The van der Waals surface area contributed by atoms with Crippen molar-refractivity contribution in [3.05, 3.63) is 35.0 Å². The highest BCUT2D eigenvalue weighted by Gasteiger charge is 2.34. The number of primary amides is 1. The second kappa shape index (κ2) is 9.80. The molecule has 2 heterocycles. The zero-order valence-electron chi connectivity index (χ0n) is 18.0. The van der Waals surface area contributed by atoms with Gasteiger partial charge in [-0.05, 0) is 37.6 Å². The molecule has 0 aliphatic carbocycles.